The van der Waals surface area contributed by atoms with Gasteiger partial charge in [0.2, 0.25) is 0 Å². The third kappa shape index (κ3) is 3.14. The number of hydrogen-bond donors (Lipinski definition) is 1. The van der Waals surface area contributed by atoms with Crippen molar-refractivity contribution in [3.05, 3.63) is 34.4 Å². The fourth-order valence-corrected chi connectivity index (χ4v) is 1.65. The molecular weight excluding hydrogens is 234 g/mol. The molecule has 2 N–H and O–H groups in total. The lowest BCUT2D eigenvalue weighted by Crippen LogP contribution is -2.29. The van der Waals surface area contributed by atoms with E-state index in [0.29, 0.717) is 19.6 Å². The molecule has 0 aliphatic heterocycles. The molecule has 2 nitrogen and oxygen atoms in total. The number of benzene rings is 1. The Labute approximate surface area is 99.0 Å². The smallest absolute Gasteiger partial charge is 0.149 e. The molecule has 0 fully saturated rings. The van der Waals surface area contributed by atoms with Crippen molar-refractivity contribution in [1.82, 2.24) is 4.90 Å². The van der Waals surface area contributed by atoms with Crippen LogP contribution in [0.3, 0.4) is 0 Å². The second kappa shape index (κ2) is 6.13. The Morgan fingerprint density at radius 2 is 2.06 bits per heavy atom. The molecule has 5 heteroatoms. The molecule has 90 valence electrons. The third-order valence-corrected chi connectivity index (χ3v) is 2.71. The molecule has 0 aliphatic rings. The predicted octanol–water partition coefficient (Wildman–Crippen LogP) is 2.40. The van der Waals surface area contributed by atoms with Crippen molar-refractivity contribution < 1.29 is 8.78 Å². The molecule has 1 aromatic carbocycles. The van der Waals surface area contributed by atoms with Gasteiger partial charge in [0.1, 0.15) is 11.6 Å². The third-order valence-electron chi connectivity index (χ3n) is 2.41. The fraction of sp³-hybridized carbons (Fsp3) is 0.455. The molecule has 0 amide bonds. The summed E-state index contributed by atoms with van der Waals surface area (Å²) < 4.78 is 27.0. The van der Waals surface area contributed by atoms with Gasteiger partial charge in [0.25, 0.3) is 0 Å². The highest BCUT2D eigenvalue weighted by atomic mass is 35.5. The van der Waals surface area contributed by atoms with Gasteiger partial charge < -0.3 is 5.73 Å². The highest BCUT2D eigenvalue weighted by Crippen LogP contribution is 2.22. The minimum Gasteiger partial charge on any atom is -0.329 e. The molecule has 0 radical (unpaired) electrons. The number of nitrogens with zero attached hydrogens (tertiary/aromatic N) is 1. The first-order valence-electron chi connectivity index (χ1n) is 5.15. The van der Waals surface area contributed by atoms with Crippen LogP contribution in [0, 0.1) is 11.6 Å². The van der Waals surface area contributed by atoms with E-state index in [9.17, 15) is 8.78 Å². The summed E-state index contributed by atoms with van der Waals surface area (Å²) in [5, 5.41) is -0.0554. The summed E-state index contributed by atoms with van der Waals surface area (Å²) in [5.74, 6) is -1.26. The van der Waals surface area contributed by atoms with Crippen molar-refractivity contribution in [2.45, 2.75) is 13.5 Å². The molecule has 0 spiro atoms. The van der Waals surface area contributed by atoms with Crippen LogP contribution in [0.1, 0.15) is 12.5 Å². The van der Waals surface area contributed by atoms with Crippen LogP contribution < -0.4 is 5.73 Å². The van der Waals surface area contributed by atoms with Gasteiger partial charge in [-0.3, -0.25) is 4.90 Å². The number of halogens is 3. The van der Waals surface area contributed by atoms with Crippen molar-refractivity contribution in [1.29, 1.82) is 0 Å². The van der Waals surface area contributed by atoms with E-state index in [1.165, 1.54) is 12.1 Å². The molecule has 1 rings (SSSR count). The summed E-state index contributed by atoms with van der Waals surface area (Å²) >= 11 is 5.60. The monoisotopic (exact) mass is 248 g/mol. The lowest BCUT2D eigenvalue weighted by atomic mass is 10.2. The zero-order valence-corrected chi connectivity index (χ0v) is 9.90. The maximum absolute atomic E-state index is 13.6. The normalized spacial score (nSPS) is 11.1. The summed E-state index contributed by atoms with van der Waals surface area (Å²) in [6.07, 6.45) is 0. The van der Waals surface area contributed by atoms with Crippen molar-refractivity contribution in [3.8, 4) is 0 Å². The summed E-state index contributed by atoms with van der Waals surface area (Å²) in [6, 6.07) is 2.39. The first-order chi connectivity index (χ1) is 7.60. The molecular formula is C11H15ClF2N2. The Morgan fingerprint density at radius 3 is 2.62 bits per heavy atom. The Morgan fingerprint density at radius 1 is 1.38 bits per heavy atom. The standard InChI is InChI=1S/C11H15ClF2N2/c1-2-16(6-5-15)7-8-10(13)4-3-9(12)11(8)14/h3-4H,2,5-7,15H2,1H3. The van der Waals surface area contributed by atoms with Crippen LogP contribution >= 0.6 is 11.6 Å². The molecule has 0 aliphatic carbocycles. The van der Waals surface area contributed by atoms with E-state index in [1.54, 1.807) is 0 Å². The Hall–Kier alpha value is -0.710. The summed E-state index contributed by atoms with van der Waals surface area (Å²) in [5.41, 5.74) is 5.41. The summed E-state index contributed by atoms with van der Waals surface area (Å²) in [6.45, 7) is 3.84. The average molecular weight is 249 g/mol. The predicted molar refractivity (Wildman–Crippen MR) is 61.4 cm³/mol. The van der Waals surface area contributed by atoms with E-state index in [0.717, 1.165) is 0 Å². The van der Waals surface area contributed by atoms with Gasteiger partial charge in [-0.1, -0.05) is 18.5 Å². The quantitative estimate of drug-likeness (QED) is 0.811. The van der Waals surface area contributed by atoms with Crippen LogP contribution in [-0.4, -0.2) is 24.5 Å². The van der Waals surface area contributed by atoms with Gasteiger partial charge in [0, 0.05) is 25.2 Å². The van der Waals surface area contributed by atoms with Crippen molar-refractivity contribution >= 4 is 11.6 Å². The van der Waals surface area contributed by atoms with Crippen LogP contribution in [0.4, 0.5) is 8.78 Å². The van der Waals surface area contributed by atoms with Gasteiger partial charge in [0.15, 0.2) is 0 Å². The minimum absolute atomic E-state index is 0.00259. The van der Waals surface area contributed by atoms with Crippen LogP contribution in [0.5, 0.6) is 0 Å². The Kier molecular flexibility index (Phi) is 5.12. The molecule has 0 saturated carbocycles. The van der Waals surface area contributed by atoms with Crippen molar-refractivity contribution in [2.24, 2.45) is 5.73 Å². The molecule has 0 bridgehead atoms. The van der Waals surface area contributed by atoms with Gasteiger partial charge in [-0.15, -0.1) is 0 Å². The number of nitrogens with two attached hydrogens (primary N) is 1. The molecule has 0 aromatic heterocycles. The molecule has 0 heterocycles. The summed E-state index contributed by atoms with van der Waals surface area (Å²) in [4.78, 5) is 1.86. The minimum atomic E-state index is -0.683. The van der Waals surface area contributed by atoms with Crippen LogP contribution in [0.25, 0.3) is 0 Å². The number of likely N-dealkylation sites (N-methyl/N-ethyl adjacent to an activating group) is 1. The lowest BCUT2D eigenvalue weighted by Gasteiger charge is -2.20. The van der Waals surface area contributed by atoms with E-state index in [4.69, 9.17) is 17.3 Å². The maximum Gasteiger partial charge on any atom is 0.149 e. The highest BCUT2D eigenvalue weighted by Gasteiger charge is 2.14. The first-order valence-corrected chi connectivity index (χ1v) is 5.52. The van der Waals surface area contributed by atoms with E-state index in [1.807, 2.05) is 11.8 Å². The van der Waals surface area contributed by atoms with E-state index in [-0.39, 0.29) is 17.1 Å². The highest BCUT2D eigenvalue weighted by molar-refractivity contribution is 6.30. The van der Waals surface area contributed by atoms with Gasteiger partial charge in [-0.25, -0.2) is 8.78 Å². The van der Waals surface area contributed by atoms with Crippen molar-refractivity contribution in [2.75, 3.05) is 19.6 Å². The van der Waals surface area contributed by atoms with Crippen LogP contribution in [0.2, 0.25) is 5.02 Å². The second-order valence-corrected chi connectivity index (χ2v) is 3.89. The van der Waals surface area contributed by atoms with Crippen LogP contribution in [-0.2, 0) is 6.54 Å². The van der Waals surface area contributed by atoms with E-state index < -0.39 is 11.6 Å². The first kappa shape index (κ1) is 13.4. The van der Waals surface area contributed by atoms with Gasteiger partial charge >= 0.3 is 0 Å². The van der Waals surface area contributed by atoms with E-state index >= 15 is 0 Å². The zero-order chi connectivity index (χ0) is 12.1. The average Bonchev–Trinajstić information content (AvgIpc) is 2.28. The lowest BCUT2D eigenvalue weighted by molar-refractivity contribution is 0.279. The molecule has 1 aromatic rings. The van der Waals surface area contributed by atoms with Crippen molar-refractivity contribution in [3.63, 3.8) is 0 Å². The Bertz CT molecular complexity index is 358. The largest absolute Gasteiger partial charge is 0.329 e. The molecule has 16 heavy (non-hydrogen) atoms. The molecule has 0 saturated heterocycles. The number of hydrogen-bond acceptors (Lipinski definition) is 2. The fourth-order valence-electron chi connectivity index (χ4n) is 1.47. The second-order valence-electron chi connectivity index (χ2n) is 3.48. The van der Waals surface area contributed by atoms with Gasteiger partial charge in [-0.05, 0) is 18.7 Å². The zero-order valence-electron chi connectivity index (χ0n) is 9.14. The van der Waals surface area contributed by atoms with E-state index in [2.05, 4.69) is 0 Å². The number of rotatable bonds is 5. The SMILES string of the molecule is CCN(CCN)Cc1c(F)ccc(Cl)c1F. The Balaban J connectivity index is 2.90. The van der Waals surface area contributed by atoms with Gasteiger partial charge in [-0.2, -0.15) is 0 Å². The molecule has 0 unspecified atom stereocenters. The molecule has 0 atom stereocenters. The maximum atomic E-state index is 13.6. The van der Waals surface area contributed by atoms with Gasteiger partial charge in [0.05, 0.1) is 5.02 Å². The van der Waals surface area contributed by atoms with Crippen LogP contribution in [0.15, 0.2) is 12.1 Å². The summed E-state index contributed by atoms with van der Waals surface area (Å²) in [7, 11) is 0. The topological polar surface area (TPSA) is 29.3 Å².